The zero-order valence-corrected chi connectivity index (χ0v) is 7.16. The van der Waals surface area contributed by atoms with Gasteiger partial charge in [-0.15, -0.1) is 0 Å². The van der Waals surface area contributed by atoms with Gasteiger partial charge in [-0.3, -0.25) is 0 Å². The number of ether oxygens (including phenoxy) is 2. The van der Waals surface area contributed by atoms with Crippen molar-refractivity contribution in [3.8, 4) is 11.5 Å². The highest BCUT2D eigenvalue weighted by Gasteiger charge is 2.16. The summed E-state index contributed by atoms with van der Waals surface area (Å²) in [6, 6.07) is 3.82. The van der Waals surface area contributed by atoms with Gasteiger partial charge in [0.05, 0.1) is 6.26 Å². The molecule has 0 fully saturated rings. The van der Waals surface area contributed by atoms with Crippen molar-refractivity contribution >= 4 is 11.0 Å². The van der Waals surface area contributed by atoms with Crippen molar-refractivity contribution in [2.75, 3.05) is 6.79 Å². The molecule has 1 aromatic heterocycles. The quantitative estimate of drug-likeness (QED) is 0.617. The molecule has 2 aromatic rings. The second-order valence-electron chi connectivity index (χ2n) is 3.12. The van der Waals surface area contributed by atoms with E-state index in [4.69, 9.17) is 13.9 Å². The predicted molar refractivity (Wildman–Crippen MR) is 47.1 cm³/mol. The number of rotatable bonds is 0. The number of benzene rings is 1. The van der Waals surface area contributed by atoms with Gasteiger partial charge in [-0.05, 0) is 18.6 Å². The SMILES string of the molecule is Cc1coc2cc3c(cc12)OCO3. The highest BCUT2D eigenvalue weighted by Crippen LogP contribution is 2.37. The van der Waals surface area contributed by atoms with E-state index >= 15 is 0 Å². The van der Waals surface area contributed by atoms with Crippen molar-refractivity contribution in [1.29, 1.82) is 0 Å². The van der Waals surface area contributed by atoms with Crippen LogP contribution in [-0.2, 0) is 0 Å². The topological polar surface area (TPSA) is 31.6 Å². The average Bonchev–Trinajstić information content (AvgIpc) is 2.70. The van der Waals surface area contributed by atoms with E-state index in [2.05, 4.69) is 0 Å². The molecule has 0 spiro atoms. The Morgan fingerprint density at radius 2 is 1.92 bits per heavy atom. The molecule has 66 valence electrons. The van der Waals surface area contributed by atoms with E-state index in [1.807, 2.05) is 19.1 Å². The van der Waals surface area contributed by atoms with Crippen molar-refractivity contribution < 1.29 is 13.9 Å². The molecule has 0 atom stereocenters. The maximum atomic E-state index is 5.34. The van der Waals surface area contributed by atoms with Crippen LogP contribution in [0.25, 0.3) is 11.0 Å². The van der Waals surface area contributed by atoms with Gasteiger partial charge in [0.2, 0.25) is 6.79 Å². The van der Waals surface area contributed by atoms with E-state index < -0.39 is 0 Å². The summed E-state index contributed by atoms with van der Waals surface area (Å²) in [7, 11) is 0. The Kier molecular flexibility index (Phi) is 1.15. The lowest BCUT2D eigenvalue weighted by Gasteiger charge is -1.94. The van der Waals surface area contributed by atoms with Crippen LogP contribution in [0, 0.1) is 6.92 Å². The Hall–Kier alpha value is -1.64. The van der Waals surface area contributed by atoms with Gasteiger partial charge in [-0.2, -0.15) is 0 Å². The molecule has 0 bridgehead atoms. The first-order chi connectivity index (χ1) is 6.34. The summed E-state index contributed by atoms with van der Waals surface area (Å²) < 4.78 is 15.8. The second kappa shape index (κ2) is 2.19. The van der Waals surface area contributed by atoms with Gasteiger partial charge < -0.3 is 13.9 Å². The molecule has 0 radical (unpaired) electrons. The molecular formula is C10H8O3. The summed E-state index contributed by atoms with van der Waals surface area (Å²) in [6.07, 6.45) is 1.74. The van der Waals surface area contributed by atoms with Crippen LogP contribution in [0.4, 0.5) is 0 Å². The molecule has 0 saturated carbocycles. The van der Waals surface area contributed by atoms with Crippen LogP contribution in [0.3, 0.4) is 0 Å². The Bertz CT molecular complexity index is 470. The van der Waals surface area contributed by atoms with E-state index in [1.165, 1.54) is 0 Å². The van der Waals surface area contributed by atoms with Crippen molar-refractivity contribution in [2.45, 2.75) is 6.92 Å². The summed E-state index contributed by atoms with van der Waals surface area (Å²) in [4.78, 5) is 0. The van der Waals surface area contributed by atoms with Gasteiger partial charge in [0.1, 0.15) is 5.58 Å². The van der Waals surface area contributed by atoms with Gasteiger partial charge >= 0.3 is 0 Å². The van der Waals surface area contributed by atoms with E-state index in [-0.39, 0.29) is 0 Å². The first-order valence-electron chi connectivity index (χ1n) is 4.12. The maximum absolute atomic E-state index is 5.34. The number of aryl methyl sites for hydroxylation is 1. The smallest absolute Gasteiger partial charge is 0.231 e. The predicted octanol–water partition coefficient (Wildman–Crippen LogP) is 2.47. The molecule has 0 unspecified atom stereocenters. The Labute approximate surface area is 74.9 Å². The summed E-state index contributed by atoms with van der Waals surface area (Å²) in [6.45, 7) is 2.31. The minimum atomic E-state index is 0.307. The van der Waals surface area contributed by atoms with Crippen LogP contribution in [-0.4, -0.2) is 6.79 Å². The third-order valence-electron chi connectivity index (χ3n) is 2.26. The molecule has 1 aliphatic rings. The molecular weight excluding hydrogens is 168 g/mol. The fraction of sp³-hybridized carbons (Fsp3) is 0.200. The lowest BCUT2D eigenvalue weighted by molar-refractivity contribution is 0.174. The minimum absolute atomic E-state index is 0.307. The molecule has 2 heterocycles. The van der Waals surface area contributed by atoms with Crippen molar-refractivity contribution in [2.24, 2.45) is 0 Å². The third kappa shape index (κ3) is 0.840. The molecule has 0 N–H and O–H groups in total. The number of hydrogen-bond acceptors (Lipinski definition) is 3. The number of furan rings is 1. The molecule has 0 saturated heterocycles. The highest BCUT2D eigenvalue weighted by molar-refractivity contribution is 5.84. The molecule has 3 heteroatoms. The first-order valence-corrected chi connectivity index (χ1v) is 4.12. The largest absolute Gasteiger partial charge is 0.464 e. The van der Waals surface area contributed by atoms with Crippen LogP contribution in [0.5, 0.6) is 11.5 Å². The average molecular weight is 176 g/mol. The third-order valence-corrected chi connectivity index (χ3v) is 2.26. The lowest BCUT2D eigenvalue weighted by atomic mass is 10.2. The summed E-state index contributed by atoms with van der Waals surface area (Å²) >= 11 is 0. The first kappa shape index (κ1) is 6.83. The van der Waals surface area contributed by atoms with Gasteiger partial charge in [-0.25, -0.2) is 0 Å². The number of hydrogen-bond donors (Lipinski definition) is 0. The Morgan fingerprint density at radius 3 is 2.77 bits per heavy atom. The molecule has 0 aliphatic carbocycles. The second-order valence-corrected chi connectivity index (χ2v) is 3.12. The molecule has 1 aromatic carbocycles. The van der Waals surface area contributed by atoms with Crippen LogP contribution in [0.1, 0.15) is 5.56 Å². The maximum Gasteiger partial charge on any atom is 0.231 e. The molecule has 1 aliphatic heterocycles. The lowest BCUT2D eigenvalue weighted by Crippen LogP contribution is -1.92. The zero-order valence-electron chi connectivity index (χ0n) is 7.16. The Morgan fingerprint density at radius 1 is 1.15 bits per heavy atom. The van der Waals surface area contributed by atoms with E-state index in [9.17, 15) is 0 Å². The molecule has 3 nitrogen and oxygen atoms in total. The summed E-state index contributed by atoms with van der Waals surface area (Å²) in [5.74, 6) is 1.57. The normalized spacial score (nSPS) is 13.9. The van der Waals surface area contributed by atoms with E-state index in [1.54, 1.807) is 6.26 Å². The molecule has 0 amide bonds. The molecule has 13 heavy (non-hydrogen) atoms. The molecule has 3 rings (SSSR count). The summed E-state index contributed by atoms with van der Waals surface area (Å²) in [5, 5.41) is 1.09. The van der Waals surface area contributed by atoms with Crippen LogP contribution in [0.15, 0.2) is 22.8 Å². The van der Waals surface area contributed by atoms with Crippen LogP contribution >= 0.6 is 0 Å². The standard InChI is InChI=1S/C10H8O3/c1-6-4-11-8-3-10-9(2-7(6)8)12-5-13-10/h2-4H,5H2,1H3. The van der Waals surface area contributed by atoms with Gasteiger partial charge in [0, 0.05) is 11.5 Å². The summed E-state index contributed by atoms with van der Waals surface area (Å²) in [5.41, 5.74) is 1.97. The fourth-order valence-corrected chi connectivity index (χ4v) is 1.54. The van der Waals surface area contributed by atoms with Gasteiger partial charge in [0.25, 0.3) is 0 Å². The van der Waals surface area contributed by atoms with Crippen molar-refractivity contribution in [1.82, 2.24) is 0 Å². The Balaban J connectivity index is 2.38. The van der Waals surface area contributed by atoms with Crippen molar-refractivity contribution in [3.05, 3.63) is 24.0 Å². The highest BCUT2D eigenvalue weighted by atomic mass is 16.7. The van der Waals surface area contributed by atoms with Crippen LogP contribution in [0.2, 0.25) is 0 Å². The zero-order chi connectivity index (χ0) is 8.84. The van der Waals surface area contributed by atoms with Gasteiger partial charge in [0.15, 0.2) is 11.5 Å². The number of fused-ring (bicyclic) bond motifs is 2. The van der Waals surface area contributed by atoms with Gasteiger partial charge in [-0.1, -0.05) is 0 Å². The van der Waals surface area contributed by atoms with Crippen molar-refractivity contribution in [3.63, 3.8) is 0 Å². The van der Waals surface area contributed by atoms with Crippen LogP contribution < -0.4 is 9.47 Å². The minimum Gasteiger partial charge on any atom is -0.464 e. The van der Waals surface area contributed by atoms with E-state index in [0.717, 1.165) is 28.0 Å². The monoisotopic (exact) mass is 176 g/mol. The fourth-order valence-electron chi connectivity index (χ4n) is 1.54. The van der Waals surface area contributed by atoms with E-state index in [0.29, 0.717) is 6.79 Å².